The van der Waals surface area contributed by atoms with Crippen LogP contribution in [0.2, 0.25) is 0 Å². The summed E-state index contributed by atoms with van der Waals surface area (Å²) >= 11 is 3.49. The number of esters is 1. The van der Waals surface area contributed by atoms with Crippen molar-refractivity contribution in [2.24, 2.45) is 0 Å². The Hall–Kier alpha value is -1.75. The van der Waals surface area contributed by atoms with Crippen LogP contribution in [0.15, 0.2) is 39.4 Å². The van der Waals surface area contributed by atoms with Gasteiger partial charge in [-0.3, -0.25) is 0 Å². The molecule has 0 fully saturated rings. The fraction of sp³-hybridized carbons (Fsp3) is 0.214. The van der Waals surface area contributed by atoms with Crippen LogP contribution >= 0.6 is 15.9 Å². The summed E-state index contributed by atoms with van der Waals surface area (Å²) in [5, 5.41) is 3.25. The van der Waals surface area contributed by atoms with E-state index in [0.717, 1.165) is 15.7 Å². The molecular weight excluding hydrogens is 310 g/mol. The first-order valence-electron chi connectivity index (χ1n) is 5.76. The first-order chi connectivity index (χ1) is 9.11. The Labute approximate surface area is 119 Å². The summed E-state index contributed by atoms with van der Waals surface area (Å²) in [5.41, 5.74) is 2.90. The molecule has 4 nitrogen and oxygen atoms in total. The first kappa shape index (κ1) is 13.7. The minimum atomic E-state index is -0.468. The van der Waals surface area contributed by atoms with Crippen LogP contribution in [-0.4, -0.2) is 13.1 Å². The van der Waals surface area contributed by atoms with Gasteiger partial charge in [0.2, 0.25) is 5.76 Å². The van der Waals surface area contributed by atoms with Crippen molar-refractivity contribution < 1.29 is 13.9 Å². The van der Waals surface area contributed by atoms with Gasteiger partial charge in [0.1, 0.15) is 0 Å². The minimum absolute atomic E-state index is 0.234. The molecule has 0 aliphatic rings. The number of carbonyl (C=O) groups excluding carboxylic acids is 1. The van der Waals surface area contributed by atoms with E-state index in [1.165, 1.54) is 18.9 Å². The van der Waals surface area contributed by atoms with Crippen molar-refractivity contribution in [3.8, 4) is 0 Å². The van der Waals surface area contributed by atoms with Crippen LogP contribution < -0.4 is 5.32 Å². The summed E-state index contributed by atoms with van der Waals surface area (Å²) in [6, 6.07) is 7.78. The molecule has 0 saturated heterocycles. The third-order valence-electron chi connectivity index (χ3n) is 2.71. The van der Waals surface area contributed by atoms with Crippen molar-refractivity contribution in [1.82, 2.24) is 0 Å². The van der Waals surface area contributed by atoms with Crippen molar-refractivity contribution in [3.05, 3.63) is 51.9 Å². The maximum Gasteiger partial charge on any atom is 0.374 e. The highest BCUT2D eigenvalue weighted by Gasteiger charge is 2.15. The molecule has 1 aromatic heterocycles. The molecule has 0 saturated carbocycles. The number of hydrogen-bond donors (Lipinski definition) is 1. The van der Waals surface area contributed by atoms with Crippen molar-refractivity contribution >= 4 is 27.6 Å². The molecule has 0 spiro atoms. The molecule has 1 heterocycles. The fourth-order valence-corrected chi connectivity index (χ4v) is 2.33. The number of methoxy groups -OCH3 is 1. The van der Waals surface area contributed by atoms with E-state index in [1.54, 1.807) is 6.07 Å². The number of hydrogen-bond acceptors (Lipinski definition) is 4. The summed E-state index contributed by atoms with van der Waals surface area (Å²) in [6.45, 7) is 2.52. The Balaban J connectivity index is 2.10. The first-order valence-corrected chi connectivity index (χ1v) is 6.56. The van der Waals surface area contributed by atoms with E-state index in [2.05, 4.69) is 26.0 Å². The van der Waals surface area contributed by atoms with Gasteiger partial charge in [0, 0.05) is 22.3 Å². The largest absolute Gasteiger partial charge is 0.463 e. The van der Waals surface area contributed by atoms with Gasteiger partial charge in [-0.15, -0.1) is 0 Å². The zero-order valence-electron chi connectivity index (χ0n) is 10.7. The Bertz CT molecular complexity index is 592. The van der Waals surface area contributed by atoms with E-state index >= 15 is 0 Å². The number of anilines is 1. The van der Waals surface area contributed by atoms with E-state index in [1.807, 2.05) is 25.1 Å². The molecule has 1 N–H and O–H groups in total. The fourth-order valence-electron chi connectivity index (χ4n) is 1.70. The number of carbonyl (C=O) groups is 1. The lowest BCUT2D eigenvalue weighted by atomic mass is 10.2. The van der Waals surface area contributed by atoms with Gasteiger partial charge in [0.25, 0.3) is 0 Å². The van der Waals surface area contributed by atoms with Crippen molar-refractivity contribution in [1.29, 1.82) is 0 Å². The molecule has 0 aliphatic carbocycles. The second-order valence-corrected chi connectivity index (χ2v) is 4.96. The lowest BCUT2D eigenvalue weighted by Gasteiger charge is -2.09. The van der Waals surface area contributed by atoms with Gasteiger partial charge in [0.05, 0.1) is 13.4 Å². The number of aryl methyl sites for hydroxylation is 1. The highest BCUT2D eigenvalue weighted by molar-refractivity contribution is 9.10. The van der Waals surface area contributed by atoms with Crippen LogP contribution in [-0.2, 0) is 11.3 Å². The molecule has 0 radical (unpaired) electrons. The predicted molar refractivity (Wildman–Crippen MR) is 76.3 cm³/mol. The lowest BCUT2D eigenvalue weighted by Crippen LogP contribution is -2.07. The third kappa shape index (κ3) is 3.17. The van der Waals surface area contributed by atoms with Gasteiger partial charge in [-0.05, 0) is 46.6 Å². The number of nitrogens with one attached hydrogen (secondary N) is 1. The average Bonchev–Trinajstić information content (AvgIpc) is 2.85. The second kappa shape index (κ2) is 5.93. The van der Waals surface area contributed by atoms with E-state index in [4.69, 9.17) is 4.42 Å². The zero-order valence-corrected chi connectivity index (χ0v) is 12.3. The maximum absolute atomic E-state index is 11.5. The zero-order chi connectivity index (χ0) is 13.8. The molecule has 0 amide bonds. The summed E-state index contributed by atoms with van der Waals surface area (Å²) in [4.78, 5) is 11.5. The Morgan fingerprint density at radius 1 is 1.42 bits per heavy atom. The van der Waals surface area contributed by atoms with Crippen LogP contribution in [0, 0.1) is 6.92 Å². The van der Waals surface area contributed by atoms with Gasteiger partial charge >= 0.3 is 5.97 Å². The van der Waals surface area contributed by atoms with Crippen LogP contribution in [0.4, 0.5) is 5.69 Å². The van der Waals surface area contributed by atoms with E-state index in [-0.39, 0.29) is 5.76 Å². The SMILES string of the molecule is COC(=O)c1occc1CNc1ccc(C)cc1Br. The normalized spacial score (nSPS) is 10.3. The topological polar surface area (TPSA) is 51.5 Å². The highest BCUT2D eigenvalue weighted by atomic mass is 79.9. The summed E-state index contributed by atoms with van der Waals surface area (Å²) in [6.07, 6.45) is 1.48. The lowest BCUT2D eigenvalue weighted by molar-refractivity contribution is 0.0563. The number of benzene rings is 1. The molecule has 2 aromatic rings. The summed E-state index contributed by atoms with van der Waals surface area (Å²) in [7, 11) is 1.33. The standard InChI is InChI=1S/C14H14BrNO3/c1-9-3-4-12(11(15)7-9)16-8-10-5-6-19-13(10)14(17)18-2/h3-7,16H,8H2,1-2H3. The quantitative estimate of drug-likeness (QED) is 0.870. The minimum Gasteiger partial charge on any atom is -0.463 e. The molecule has 19 heavy (non-hydrogen) atoms. The van der Waals surface area contributed by atoms with Gasteiger partial charge < -0.3 is 14.5 Å². The summed E-state index contributed by atoms with van der Waals surface area (Å²) in [5.74, 6) is -0.233. The van der Waals surface area contributed by atoms with Crippen LogP contribution in [0.3, 0.4) is 0 Å². The van der Waals surface area contributed by atoms with E-state index < -0.39 is 5.97 Å². The number of rotatable bonds is 4. The predicted octanol–water partition coefficient (Wildman–Crippen LogP) is 3.75. The maximum atomic E-state index is 11.5. The molecule has 0 unspecified atom stereocenters. The monoisotopic (exact) mass is 323 g/mol. The molecule has 1 aromatic carbocycles. The molecular formula is C14H14BrNO3. The summed E-state index contributed by atoms with van der Waals surface area (Å²) < 4.78 is 10.8. The van der Waals surface area contributed by atoms with Crippen LogP contribution in [0.1, 0.15) is 21.7 Å². The smallest absolute Gasteiger partial charge is 0.374 e. The Morgan fingerprint density at radius 3 is 2.89 bits per heavy atom. The Kier molecular flexibility index (Phi) is 4.27. The Morgan fingerprint density at radius 2 is 2.21 bits per heavy atom. The van der Waals surface area contributed by atoms with E-state index in [0.29, 0.717) is 6.54 Å². The third-order valence-corrected chi connectivity index (χ3v) is 3.37. The number of furan rings is 1. The van der Waals surface area contributed by atoms with Crippen LogP contribution in [0.25, 0.3) is 0 Å². The van der Waals surface area contributed by atoms with Gasteiger partial charge in [-0.1, -0.05) is 6.07 Å². The average molecular weight is 324 g/mol. The van der Waals surface area contributed by atoms with Crippen molar-refractivity contribution in [2.45, 2.75) is 13.5 Å². The van der Waals surface area contributed by atoms with E-state index in [9.17, 15) is 4.79 Å². The molecule has 5 heteroatoms. The molecule has 0 aliphatic heterocycles. The van der Waals surface area contributed by atoms with Crippen molar-refractivity contribution in [2.75, 3.05) is 12.4 Å². The molecule has 0 bridgehead atoms. The number of ether oxygens (including phenoxy) is 1. The van der Waals surface area contributed by atoms with Crippen molar-refractivity contribution in [3.63, 3.8) is 0 Å². The number of halogens is 1. The highest BCUT2D eigenvalue weighted by Crippen LogP contribution is 2.24. The van der Waals surface area contributed by atoms with Gasteiger partial charge in [0.15, 0.2) is 0 Å². The van der Waals surface area contributed by atoms with Crippen LogP contribution in [0.5, 0.6) is 0 Å². The second-order valence-electron chi connectivity index (χ2n) is 4.10. The van der Waals surface area contributed by atoms with Gasteiger partial charge in [-0.25, -0.2) is 4.79 Å². The molecule has 100 valence electrons. The van der Waals surface area contributed by atoms with Gasteiger partial charge in [-0.2, -0.15) is 0 Å². The molecule has 2 rings (SSSR count). The molecule has 0 atom stereocenters.